The van der Waals surface area contributed by atoms with Gasteiger partial charge in [-0.05, 0) is 34.1 Å². The van der Waals surface area contributed by atoms with E-state index in [9.17, 15) is 0 Å². The van der Waals surface area contributed by atoms with Crippen molar-refractivity contribution in [2.45, 2.75) is 40.2 Å². The van der Waals surface area contributed by atoms with Crippen LogP contribution in [0.2, 0.25) is 0 Å². The number of hydrogen-bond acceptors (Lipinski definition) is 1. The van der Waals surface area contributed by atoms with E-state index in [1.54, 1.807) is 13.8 Å². The first-order valence-corrected chi connectivity index (χ1v) is 7.45. The van der Waals surface area contributed by atoms with Gasteiger partial charge >= 0.3 is 0 Å². The Bertz CT molecular complexity index is 693. The molecule has 1 N–H and O–H groups in total. The summed E-state index contributed by atoms with van der Waals surface area (Å²) in [6, 6.07) is 16.3. The Balaban J connectivity index is 0.000000436. The van der Waals surface area contributed by atoms with Gasteiger partial charge in [-0.2, -0.15) is 0 Å². The van der Waals surface area contributed by atoms with E-state index in [0.717, 1.165) is 6.42 Å². The molecule has 0 heterocycles. The molecular formula is C20H23OTi-. The molecule has 0 aliphatic heterocycles. The zero-order valence-corrected chi connectivity index (χ0v) is 15.3. The van der Waals surface area contributed by atoms with Gasteiger partial charge in [0.2, 0.25) is 0 Å². The monoisotopic (exact) mass is 327 g/mol. The predicted octanol–water partition coefficient (Wildman–Crippen LogP) is 5.15. The average molecular weight is 327 g/mol. The van der Waals surface area contributed by atoms with Crippen LogP contribution in [0.3, 0.4) is 0 Å². The zero-order valence-electron chi connectivity index (χ0n) is 13.8. The third kappa shape index (κ3) is 4.68. The molecule has 0 fully saturated rings. The van der Waals surface area contributed by atoms with Crippen LogP contribution in [0.15, 0.2) is 53.6 Å². The third-order valence-corrected chi connectivity index (χ3v) is 3.64. The molecule has 1 aliphatic carbocycles. The maximum atomic E-state index is 8.06. The minimum atomic E-state index is -0.167. The van der Waals surface area contributed by atoms with Crippen LogP contribution < -0.4 is 0 Å². The molecule has 1 nitrogen and oxygen atoms in total. The third-order valence-electron chi connectivity index (χ3n) is 3.64. The van der Waals surface area contributed by atoms with Gasteiger partial charge in [-0.15, -0.1) is 35.2 Å². The number of fused-ring (bicyclic) bond motifs is 1. The summed E-state index contributed by atoms with van der Waals surface area (Å²) in [5.41, 5.74) is 5.49. The van der Waals surface area contributed by atoms with Crippen molar-refractivity contribution in [1.82, 2.24) is 0 Å². The van der Waals surface area contributed by atoms with Gasteiger partial charge in [-0.3, -0.25) is 0 Å². The largest absolute Gasteiger partial charge is 0.394 e. The second kappa shape index (κ2) is 8.48. The fourth-order valence-electron chi connectivity index (χ4n) is 2.40. The molecule has 0 radical (unpaired) electrons. The van der Waals surface area contributed by atoms with Crippen molar-refractivity contribution < 1.29 is 26.8 Å². The Hall–Kier alpha value is -1.15. The SMILES string of the molecule is CC(C)O.CC1=CCC(c2[c-]c3ccccc3cc2)=C1C.[Ti]. The molecule has 2 aromatic carbocycles. The molecule has 0 bridgehead atoms. The van der Waals surface area contributed by atoms with Gasteiger partial charge in [-0.1, -0.05) is 46.4 Å². The average Bonchev–Trinajstić information content (AvgIpc) is 2.78. The summed E-state index contributed by atoms with van der Waals surface area (Å²) in [5.74, 6) is 0. The molecule has 0 saturated heterocycles. The molecule has 2 heteroatoms. The second-order valence-electron chi connectivity index (χ2n) is 5.75. The Kier molecular flexibility index (Phi) is 7.28. The summed E-state index contributed by atoms with van der Waals surface area (Å²) in [5, 5.41) is 10.5. The molecule has 0 spiro atoms. The summed E-state index contributed by atoms with van der Waals surface area (Å²) in [6.07, 6.45) is 3.18. The smallest absolute Gasteiger partial charge is 0.0483 e. The zero-order chi connectivity index (χ0) is 15.4. The van der Waals surface area contributed by atoms with Gasteiger partial charge in [0.15, 0.2) is 0 Å². The van der Waals surface area contributed by atoms with Gasteiger partial charge in [-0.25, -0.2) is 0 Å². The molecule has 22 heavy (non-hydrogen) atoms. The Morgan fingerprint density at radius 3 is 2.27 bits per heavy atom. The van der Waals surface area contributed by atoms with Crippen molar-refractivity contribution in [1.29, 1.82) is 0 Å². The minimum absolute atomic E-state index is 0. The van der Waals surface area contributed by atoms with Crippen molar-refractivity contribution in [3.8, 4) is 0 Å². The number of hydrogen-bond donors (Lipinski definition) is 1. The topological polar surface area (TPSA) is 20.2 Å². The number of allylic oxidation sites excluding steroid dienone is 4. The van der Waals surface area contributed by atoms with Gasteiger partial charge in [0.25, 0.3) is 0 Å². The first-order valence-electron chi connectivity index (χ1n) is 7.45. The maximum Gasteiger partial charge on any atom is 0.0483 e. The van der Waals surface area contributed by atoms with Crippen LogP contribution in [0.25, 0.3) is 16.3 Å². The molecule has 0 unspecified atom stereocenters. The van der Waals surface area contributed by atoms with Crippen LogP contribution in [0, 0.1) is 6.07 Å². The summed E-state index contributed by atoms with van der Waals surface area (Å²) < 4.78 is 0. The van der Waals surface area contributed by atoms with Crippen LogP contribution in [-0.4, -0.2) is 11.2 Å². The van der Waals surface area contributed by atoms with E-state index in [1.165, 1.54) is 33.1 Å². The molecule has 1 aliphatic rings. The Morgan fingerprint density at radius 1 is 1.05 bits per heavy atom. The van der Waals surface area contributed by atoms with Crippen molar-refractivity contribution >= 4 is 16.3 Å². The fraction of sp³-hybridized carbons (Fsp3) is 0.300. The van der Waals surface area contributed by atoms with Gasteiger partial charge in [0.05, 0.1) is 0 Å². The van der Waals surface area contributed by atoms with Gasteiger partial charge in [0, 0.05) is 27.8 Å². The molecule has 0 atom stereocenters. The molecule has 114 valence electrons. The van der Waals surface area contributed by atoms with Crippen molar-refractivity contribution in [2.24, 2.45) is 0 Å². The minimum Gasteiger partial charge on any atom is -0.394 e. The Labute approximate surface area is 148 Å². The second-order valence-corrected chi connectivity index (χ2v) is 5.75. The standard InChI is InChI=1S/C17H15.C3H8O.Ti/c1-12-7-10-17(13(12)2)16-9-8-14-5-3-4-6-15(14)11-16;1-3(2)4;/h3-9H,10H2,1-2H3;3-4H,1-2H3;/q-1;;. The fourth-order valence-corrected chi connectivity index (χ4v) is 2.40. The summed E-state index contributed by atoms with van der Waals surface area (Å²) in [7, 11) is 0. The summed E-state index contributed by atoms with van der Waals surface area (Å²) in [4.78, 5) is 0. The van der Waals surface area contributed by atoms with E-state index >= 15 is 0 Å². The summed E-state index contributed by atoms with van der Waals surface area (Å²) >= 11 is 0. The van der Waals surface area contributed by atoms with E-state index < -0.39 is 0 Å². The number of rotatable bonds is 1. The van der Waals surface area contributed by atoms with E-state index in [2.05, 4.69) is 62.4 Å². The van der Waals surface area contributed by atoms with Crippen molar-refractivity contribution in [2.75, 3.05) is 0 Å². The molecule has 2 aromatic rings. The van der Waals surface area contributed by atoms with Crippen LogP contribution in [0.4, 0.5) is 0 Å². The number of aliphatic hydroxyl groups excluding tert-OH is 1. The maximum absolute atomic E-state index is 8.06. The Morgan fingerprint density at radius 2 is 1.68 bits per heavy atom. The summed E-state index contributed by atoms with van der Waals surface area (Å²) in [6.45, 7) is 7.83. The number of aliphatic hydroxyl groups is 1. The first-order chi connectivity index (χ1) is 9.99. The number of benzene rings is 2. The van der Waals surface area contributed by atoms with E-state index in [0.29, 0.717) is 0 Å². The molecule has 0 aromatic heterocycles. The predicted molar refractivity (Wildman–Crippen MR) is 91.1 cm³/mol. The van der Waals surface area contributed by atoms with Crippen molar-refractivity contribution in [3.05, 3.63) is 65.3 Å². The van der Waals surface area contributed by atoms with Gasteiger partial charge in [0.1, 0.15) is 0 Å². The molecule has 0 amide bonds. The van der Waals surface area contributed by atoms with Crippen LogP contribution in [0.1, 0.15) is 39.7 Å². The van der Waals surface area contributed by atoms with Crippen molar-refractivity contribution in [3.63, 3.8) is 0 Å². The van der Waals surface area contributed by atoms with E-state index in [1.807, 2.05) is 0 Å². The molecule has 0 saturated carbocycles. The van der Waals surface area contributed by atoms with E-state index in [4.69, 9.17) is 5.11 Å². The first kappa shape index (κ1) is 18.9. The normalized spacial score (nSPS) is 13.6. The van der Waals surface area contributed by atoms with Crippen LogP contribution >= 0.6 is 0 Å². The van der Waals surface area contributed by atoms with E-state index in [-0.39, 0.29) is 27.8 Å². The van der Waals surface area contributed by atoms with Crippen LogP contribution in [0.5, 0.6) is 0 Å². The van der Waals surface area contributed by atoms with Crippen LogP contribution in [-0.2, 0) is 21.7 Å². The quantitative estimate of drug-likeness (QED) is 0.567. The van der Waals surface area contributed by atoms with Gasteiger partial charge < -0.3 is 5.11 Å². The molecule has 3 rings (SSSR count). The molecular weight excluding hydrogens is 304 g/mol.